The zero-order valence-corrected chi connectivity index (χ0v) is 22.7. The molecular formula is C30H38ClNO4. The number of halogens is 1. The largest absolute Gasteiger partial charge is 0.490 e. The summed E-state index contributed by atoms with van der Waals surface area (Å²) >= 11 is 6.36. The lowest BCUT2D eigenvalue weighted by Crippen LogP contribution is -2.51. The molecule has 1 saturated carbocycles. The number of hydrogen-bond acceptors (Lipinski definition) is 5. The van der Waals surface area contributed by atoms with Crippen LogP contribution in [-0.4, -0.2) is 43.0 Å². The SMILES string of the molecule is CC(C)(C)OC(=O)c1ccc2c(c1)N(C[C@H]1CC[C@]1(C)CO)C[C@@]1(CCCc3cc(Cl)ccc31)CO2. The molecule has 0 bridgehead atoms. The third-order valence-electron chi connectivity index (χ3n) is 8.52. The van der Waals surface area contributed by atoms with Gasteiger partial charge in [-0.15, -0.1) is 0 Å². The van der Waals surface area contributed by atoms with Gasteiger partial charge in [-0.2, -0.15) is 0 Å². The van der Waals surface area contributed by atoms with Gasteiger partial charge in [0, 0.05) is 30.1 Å². The summed E-state index contributed by atoms with van der Waals surface area (Å²) in [7, 11) is 0. The second kappa shape index (κ2) is 9.25. The molecule has 194 valence electrons. The van der Waals surface area contributed by atoms with Gasteiger partial charge in [-0.3, -0.25) is 0 Å². The van der Waals surface area contributed by atoms with Crippen molar-refractivity contribution in [2.45, 2.75) is 70.8 Å². The minimum atomic E-state index is -0.563. The van der Waals surface area contributed by atoms with Gasteiger partial charge in [0.1, 0.15) is 11.4 Å². The first-order chi connectivity index (χ1) is 17.0. The quantitative estimate of drug-likeness (QED) is 0.497. The Morgan fingerprint density at radius 1 is 1.22 bits per heavy atom. The van der Waals surface area contributed by atoms with E-state index in [0.29, 0.717) is 18.1 Å². The fraction of sp³-hybridized carbons (Fsp3) is 0.567. The van der Waals surface area contributed by atoms with Crippen molar-refractivity contribution in [3.63, 3.8) is 0 Å². The van der Waals surface area contributed by atoms with Crippen molar-refractivity contribution in [3.05, 3.63) is 58.1 Å². The summed E-state index contributed by atoms with van der Waals surface area (Å²) in [5.74, 6) is 0.847. The Balaban J connectivity index is 1.54. The van der Waals surface area contributed by atoms with Crippen molar-refractivity contribution >= 4 is 23.3 Å². The van der Waals surface area contributed by atoms with Crippen LogP contribution in [0.3, 0.4) is 0 Å². The van der Waals surface area contributed by atoms with E-state index in [1.807, 2.05) is 39.0 Å². The van der Waals surface area contributed by atoms with Gasteiger partial charge in [0.25, 0.3) is 0 Å². The molecular weight excluding hydrogens is 474 g/mol. The number of esters is 1. The molecule has 36 heavy (non-hydrogen) atoms. The standard InChI is InChI=1S/C30H38ClNO4/c1-28(2,3)36-27(34)21-7-10-26-25(15-21)32(16-22-11-13-29(22,4)18-33)17-30(19-35-26)12-5-6-20-14-23(31)8-9-24(20)30/h7-10,14-15,22,33H,5-6,11-13,16-19H2,1-4H3/t22-,29-,30+/m1/s1. The third-order valence-corrected chi connectivity index (χ3v) is 8.76. The molecule has 5 rings (SSSR count). The number of aliphatic hydroxyl groups excluding tert-OH is 1. The lowest BCUT2D eigenvalue weighted by atomic mass is 9.61. The zero-order chi connectivity index (χ0) is 25.7. The fourth-order valence-corrected chi connectivity index (χ4v) is 6.40. The molecule has 1 heterocycles. The number of benzene rings is 2. The van der Waals surface area contributed by atoms with Gasteiger partial charge in [-0.05, 0) is 106 Å². The van der Waals surface area contributed by atoms with Crippen LogP contribution in [-0.2, 0) is 16.6 Å². The van der Waals surface area contributed by atoms with Crippen LogP contribution < -0.4 is 9.64 Å². The number of aliphatic hydroxyl groups is 1. The molecule has 2 aliphatic carbocycles. The smallest absolute Gasteiger partial charge is 0.338 e. The van der Waals surface area contributed by atoms with Crippen LogP contribution >= 0.6 is 11.6 Å². The van der Waals surface area contributed by atoms with Crippen molar-refractivity contribution in [2.24, 2.45) is 11.3 Å². The average molecular weight is 512 g/mol. The van der Waals surface area contributed by atoms with Crippen molar-refractivity contribution in [1.29, 1.82) is 0 Å². The Kier molecular flexibility index (Phi) is 6.53. The fourth-order valence-electron chi connectivity index (χ4n) is 6.21. The molecule has 1 fully saturated rings. The van der Waals surface area contributed by atoms with E-state index in [4.69, 9.17) is 21.1 Å². The van der Waals surface area contributed by atoms with E-state index in [2.05, 4.69) is 24.0 Å². The van der Waals surface area contributed by atoms with E-state index in [1.165, 1.54) is 11.1 Å². The van der Waals surface area contributed by atoms with Gasteiger partial charge >= 0.3 is 5.97 Å². The van der Waals surface area contributed by atoms with Crippen LogP contribution in [0, 0.1) is 11.3 Å². The number of carbonyl (C=O) groups excluding carboxylic acids is 1. The van der Waals surface area contributed by atoms with Gasteiger partial charge in [-0.25, -0.2) is 4.79 Å². The van der Waals surface area contributed by atoms with Crippen molar-refractivity contribution < 1.29 is 19.4 Å². The van der Waals surface area contributed by atoms with Gasteiger partial charge in [0.05, 0.1) is 17.9 Å². The van der Waals surface area contributed by atoms with Crippen molar-refractivity contribution in [2.75, 3.05) is 31.2 Å². The molecule has 1 aliphatic heterocycles. The Bertz CT molecular complexity index is 1150. The first-order valence-corrected chi connectivity index (χ1v) is 13.5. The summed E-state index contributed by atoms with van der Waals surface area (Å²) in [6.07, 6.45) is 5.28. The highest BCUT2D eigenvalue weighted by atomic mass is 35.5. The maximum absolute atomic E-state index is 12.9. The van der Waals surface area contributed by atoms with E-state index in [1.54, 1.807) is 6.07 Å². The van der Waals surface area contributed by atoms with E-state index < -0.39 is 5.60 Å². The van der Waals surface area contributed by atoms with Crippen LogP contribution in [0.15, 0.2) is 36.4 Å². The van der Waals surface area contributed by atoms with Gasteiger partial charge in [0.15, 0.2) is 0 Å². The minimum absolute atomic E-state index is 0.0682. The molecule has 1 spiro atoms. The summed E-state index contributed by atoms with van der Waals surface area (Å²) in [6.45, 7) is 10.2. The molecule has 5 nitrogen and oxygen atoms in total. The molecule has 0 unspecified atom stereocenters. The maximum Gasteiger partial charge on any atom is 0.338 e. The number of ether oxygens (including phenoxy) is 2. The van der Waals surface area contributed by atoms with Crippen LogP contribution in [0.4, 0.5) is 5.69 Å². The van der Waals surface area contributed by atoms with Crippen LogP contribution in [0.5, 0.6) is 5.75 Å². The highest BCUT2D eigenvalue weighted by molar-refractivity contribution is 6.30. The summed E-state index contributed by atoms with van der Waals surface area (Å²) < 4.78 is 12.2. The van der Waals surface area contributed by atoms with Crippen molar-refractivity contribution in [1.82, 2.24) is 0 Å². The number of carbonyl (C=O) groups is 1. The summed E-state index contributed by atoms with van der Waals surface area (Å²) in [5, 5.41) is 10.9. The van der Waals surface area contributed by atoms with E-state index in [-0.39, 0.29) is 23.4 Å². The molecule has 0 saturated heterocycles. The molecule has 3 aliphatic rings. The molecule has 2 aromatic rings. The molecule has 1 N–H and O–H groups in total. The highest BCUT2D eigenvalue weighted by Gasteiger charge is 2.46. The van der Waals surface area contributed by atoms with Crippen LogP contribution in [0.2, 0.25) is 5.02 Å². The monoisotopic (exact) mass is 511 g/mol. The maximum atomic E-state index is 12.9. The predicted octanol–water partition coefficient (Wildman–Crippen LogP) is 6.18. The Morgan fingerprint density at radius 3 is 2.72 bits per heavy atom. The molecule has 0 radical (unpaired) electrons. The number of anilines is 1. The lowest BCUT2D eigenvalue weighted by molar-refractivity contribution is -0.00581. The number of fused-ring (bicyclic) bond motifs is 3. The Labute approximate surface area is 219 Å². The lowest BCUT2D eigenvalue weighted by Gasteiger charge is -2.49. The number of aryl methyl sites for hydroxylation is 1. The molecule has 6 heteroatoms. The predicted molar refractivity (Wildman–Crippen MR) is 143 cm³/mol. The van der Waals surface area contributed by atoms with Crippen molar-refractivity contribution in [3.8, 4) is 5.75 Å². The first-order valence-electron chi connectivity index (χ1n) is 13.2. The molecule has 0 amide bonds. The van der Waals surface area contributed by atoms with Gasteiger partial charge < -0.3 is 19.5 Å². The topological polar surface area (TPSA) is 59.0 Å². The van der Waals surface area contributed by atoms with Crippen LogP contribution in [0.1, 0.15) is 74.9 Å². The second-order valence-corrected chi connectivity index (χ2v) is 12.8. The van der Waals surface area contributed by atoms with E-state index in [9.17, 15) is 9.90 Å². The molecule has 0 aromatic heterocycles. The van der Waals surface area contributed by atoms with E-state index >= 15 is 0 Å². The third kappa shape index (κ3) is 4.72. The Hall–Kier alpha value is -2.24. The van der Waals surface area contributed by atoms with E-state index in [0.717, 1.165) is 61.7 Å². The summed E-state index contributed by atoms with van der Waals surface area (Å²) in [5.41, 5.74) is 3.30. The number of rotatable bonds is 4. The normalized spacial score (nSPS) is 27.4. The molecule has 3 atom stereocenters. The molecule has 2 aromatic carbocycles. The minimum Gasteiger partial charge on any atom is -0.490 e. The zero-order valence-electron chi connectivity index (χ0n) is 21.9. The van der Waals surface area contributed by atoms with Gasteiger partial charge in [-0.1, -0.05) is 24.6 Å². The number of nitrogens with zero attached hydrogens (tertiary/aromatic N) is 1. The van der Waals surface area contributed by atoms with Gasteiger partial charge in [0.2, 0.25) is 0 Å². The second-order valence-electron chi connectivity index (χ2n) is 12.3. The average Bonchev–Trinajstić information content (AvgIpc) is 2.97. The van der Waals surface area contributed by atoms with Crippen LogP contribution in [0.25, 0.3) is 0 Å². The summed E-state index contributed by atoms with van der Waals surface area (Å²) in [6, 6.07) is 11.9. The number of hydrogen-bond donors (Lipinski definition) is 1. The highest BCUT2D eigenvalue weighted by Crippen LogP contribution is 2.49. The summed E-state index contributed by atoms with van der Waals surface area (Å²) in [4.78, 5) is 15.4. The first kappa shape index (κ1) is 25.4. The Morgan fingerprint density at radius 2 is 2.03 bits per heavy atom.